The van der Waals surface area contributed by atoms with Gasteiger partial charge in [-0.15, -0.1) is 0 Å². The number of nitrogens with one attached hydrogen (secondary N) is 1. The Kier molecular flexibility index (Phi) is 7.40. The molecule has 6 aromatic rings. The highest BCUT2D eigenvalue weighted by atomic mass is 32.2. The molecular formula is C33H26F3N5O6S. The van der Waals surface area contributed by atoms with E-state index in [1.807, 2.05) is 0 Å². The van der Waals surface area contributed by atoms with Crippen LogP contribution < -0.4 is 14.4 Å². The van der Waals surface area contributed by atoms with E-state index in [9.17, 15) is 31.5 Å². The Balaban J connectivity index is 1.48. The van der Waals surface area contributed by atoms with E-state index >= 15 is 0 Å². The molecule has 1 atom stereocenters. The maximum absolute atomic E-state index is 14.9. The monoisotopic (exact) mass is 677 g/mol. The molecule has 5 heterocycles. The van der Waals surface area contributed by atoms with Crippen LogP contribution in [0.2, 0.25) is 0 Å². The summed E-state index contributed by atoms with van der Waals surface area (Å²) in [4.78, 5) is 21.9. The number of fused-ring (bicyclic) bond motifs is 6. The van der Waals surface area contributed by atoms with Crippen molar-refractivity contribution in [2.45, 2.75) is 12.7 Å². The van der Waals surface area contributed by atoms with E-state index in [1.165, 1.54) is 38.5 Å². The van der Waals surface area contributed by atoms with Gasteiger partial charge in [-0.1, -0.05) is 6.07 Å². The number of rotatable bonds is 7. The topological polar surface area (TPSA) is 140 Å². The number of pyridine rings is 2. The average molecular weight is 678 g/mol. The summed E-state index contributed by atoms with van der Waals surface area (Å²) in [7, 11) is -1.07. The van der Waals surface area contributed by atoms with E-state index < -0.39 is 46.7 Å². The lowest BCUT2D eigenvalue weighted by Gasteiger charge is -2.28. The van der Waals surface area contributed by atoms with Gasteiger partial charge in [-0.2, -0.15) is 0 Å². The number of hydrogen-bond donors (Lipinski definition) is 2. The fourth-order valence-corrected chi connectivity index (χ4v) is 6.41. The molecule has 1 aliphatic rings. The number of benzene rings is 2. The minimum atomic E-state index is -3.84. The van der Waals surface area contributed by atoms with Crippen molar-refractivity contribution in [1.82, 2.24) is 19.9 Å². The third kappa shape index (κ3) is 4.93. The summed E-state index contributed by atoms with van der Waals surface area (Å²) < 4.78 is 81.8. The number of anilines is 1. The van der Waals surface area contributed by atoms with Crippen molar-refractivity contribution in [2.75, 3.05) is 31.3 Å². The van der Waals surface area contributed by atoms with E-state index in [0.717, 1.165) is 16.6 Å². The van der Waals surface area contributed by atoms with E-state index in [-0.39, 0.29) is 39.2 Å². The smallest absolute Gasteiger partial charge is 0.280 e. The number of amides is 1. The molecule has 11 nitrogen and oxygen atoms in total. The number of sulfonamides is 1. The molecule has 1 unspecified atom stereocenters. The molecule has 0 saturated heterocycles. The molecule has 0 saturated carbocycles. The summed E-state index contributed by atoms with van der Waals surface area (Å²) in [5.41, 5.74) is 1.98. The van der Waals surface area contributed by atoms with Crippen LogP contribution in [0.5, 0.6) is 5.75 Å². The number of aliphatic hydroxyl groups excluding tert-OH is 1. The first-order valence-corrected chi connectivity index (χ1v) is 16.4. The van der Waals surface area contributed by atoms with Crippen LogP contribution >= 0.6 is 0 Å². The van der Waals surface area contributed by atoms with Crippen molar-refractivity contribution in [2.24, 2.45) is 0 Å². The fourth-order valence-electron chi connectivity index (χ4n) is 5.90. The summed E-state index contributed by atoms with van der Waals surface area (Å²) in [5.74, 6) is -0.673. The number of aliphatic hydroxyl groups is 1. The zero-order valence-electron chi connectivity index (χ0n) is 25.5. The van der Waals surface area contributed by atoms with Crippen LogP contribution in [0.4, 0.5) is 18.9 Å². The first-order chi connectivity index (χ1) is 22.9. The Morgan fingerprint density at radius 2 is 1.92 bits per heavy atom. The van der Waals surface area contributed by atoms with Crippen molar-refractivity contribution in [3.63, 3.8) is 0 Å². The molecule has 4 aromatic heterocycles. The number of aromatic nitrogens is 3. The van der Waals surface area contributed by atoms with Gasteiger partial charge >= 0.3 is 0 Å². The number of hydrogen-bond acceptors (Lipinski definition) is 8. The van der Waals surface area contributed by atoms with Crippen molar-refractivity contribution in [3.05, 3.63) is 83.9 Å². The van der Waals surface area contributed by atoms with Crippen molar-refractivity contribution < 1.29 is 40.6 Å². The molecule has 7 rings (SSSR count). The zero-order valence-corrected chi connectivity index (χ0v) is 26.3. The first kappa shape index (κ1) is 31.2. The fraction of sp³-hybridized carbons (Fsp3) is 0.182. The Morgan fingerprint density at radius 1 is 1.12 bits per heavy atom. The van der Waals surface area contributed by atoms with Crippen LogP contribution in [-0.2, 0) is 10.0 Å². The summed E-state index contributed by atoms with van der Waals surface area (Å²) in [6.45, 7) is -0.403. The van der Waals surface area contributed by atoms with Crippen molar-refractivity contribution >= 4 is 43.5 Å². The van der Waals surface area contributed by atoms with Gasteiger partial charge in [0.25, 0.3) is 12.3 Å². The van der Waals surface area contributed by atoms with Crippen LogP contribution in [-0.4, -0.2) is 60.9 Å². The van der Waals surface area contributed by atoms with E-state index in [2.05, 4.69) is 10.3 Å². The predicted molar refractivity (Wildman–Crippen MR) is 172 cm³/mol. The maximum Gasteiger partial charge on any atom is 0.280 e. The number of nitrogens with zero attached hydrogens (tertiary/aromatic N) is 4. The molecule has 1 amide bonds. The number of carbonyl (C=O) groups excluding carboxylic acids is 1. The molecule has 0 bridgehead atoms. The quantitative estimate of drug-likeness (QED) is 0.213. The van der Waals surface area contributed by atoms with Gasteiger partial charge in [-0.05, 0) is 48.5 Å². The van der Waals surface area contributed by atoms with Gasteiger partial charge in [0.1, 0.15) is 34.3 Å². The largest absolute Gasteiger partial charge is 0.465 e. The lowest BCUT2D eigenvalue weighted by atomic mass is 10.0. The van der Waals surface area contributed by atoms with Gasteiger partial charge in [0.2, 0.25) is 10.0 Å². The van der Waals surface area contributed by atoms with E-state index in [0.29, 0.717) is 33.6 Å². The van der Waals surface area contributed by atoms with Gasteiger partial charge in [-0.3, -0.25) is 14.1 Å². The minimum absolute atomic E-state index is 0.0381. The second kappa shape index (κ2) is 11.4. The van der Waals surface area contributed by atoms with Crippen LogP contribution in [0.3, 0.4) is 0 Å². The van der Waals surface area contributed by atoms with Gasteiger partial charge in [0.05, 0.1) is 41.0 Å². The lowest BCUT2D eigenvalue weighted by Crippen LogP contribution is -2.26. The number of alkyl halides is 2. The number of furan rings is 1. The van der Waals surface area contributed by atoms with Gasteiger partial charge in [0.15, 0.2) is 6.23 Å². The van der Waals surface area contributed by atoms with Crippen LogP contribution in [0.15, 0.2) is 71.3 Å². The highest BCUT2D eigenvalue weighted by molar-refractivity contribution is 7.92. The molecular weight excluding hydrogens is 651 g/mol. The van der Waals surface area contributed by atoms with E-state index in [4.69, 9.17) is 14.1 Å². The molecule has 48 heavy (non-hydrogen) atoms. The highest BCUT2D eigenvalue weighted by Crippen LogP contribution is 2.45. The minimum Gasteiger partial charge on any atom is -0.465 e. The Labute approximate surface area is 271 Å². The lowest BCUT2D eigenvalue weighted by molar-refractivity contribution is 0.0609. The normalized spacial score (nSPS) is 14.2. The van der Waals surface area contributed by atoms with Gasteiger partial charge in [0, 0.05) is 48.3 Å². The Morgan fingerprint density at radius 3 is 2.58 bits per heavy atom. The third-order valence-electron chi connectivity index (χ3n) is 8.28. The summed E-state index contributed by atoms with van der Waals surface area (Å²) in [6.07, 6.45) is -1.46. The third-order valence-corrected chi connectivity index (χ3v) is 9.47. The maximum atomic E-state index is 14.9. The molecule has 2 aromatic carbocycles. The SMILES string of the molecule is CNC(=O)c1c(-c2ccc(C(F)F)nc2)oc2cc(N(C)S(C)(=O)=O)c(-c3ccc4c(n3)-c3cc5c(F)cccc5n3C(CO)O4)cc12. The molecule has 0 radical (unpaired) electrons. The summed E-state index contributed by atoms with van der Waals surface area (Å²) >= 11 is 0. The van der Waals surface area contributed by atoms with Gasteiger partial charge < -0.3 is 24.1 Å². The first-order valence-electron chi connectivity index (χ1n) is 14.5. The van der Waals surface area contributed by atoms with Crippen LogP contribution in [0.1, 0.15) is 28.7 Å². The standard InChI is InChI=1S/C33H26F3N5O6S/c1-37-33(43)29-19-11-18(24(40(2)48(3,44)45)13-27(19)47-31(29)16-7-8-22(32(35)36)38-14-16)21-9-10-26-30(39-21)25-12-17-20(34)5-4-6-23(17)41(25)28(15-42)46-26/h4-14,28,32,42H,15H2,1-3H3,(H,37,43). The predicted octanol–water partition coefficient (Wildman–Crippen LogP) is 5.89. The second-order valence-corrected chi connectivity index (χ2v) is 13.1. The number of ether oxygens (including phenoxy) is 1. The number of halogens is 3. The molecule has 246 valence electrons. The molecule has 0 spiro atoms. The molecule has 15 heteroatoms. The van der Waals surface area contributed by atoms with Crippen LogP contribution in [0.25, 0.3) is 55.8 Å². The highest BCUT2D eigenvalue weighted by Gasteiger charge is 2.31. The zero-order chi connectivity index (χ0) is 34.1. The van der Waals surface area contributed by atoms with Crippen molar-refractivity contribution in [3.8, 4) is 39.7 Å². The summed E-state index contributed by atoms with van der Waals surface area (Å²) in [5, 5.41) is 13.3. The van der Waals surface area contributed by atoms with E-state index in [1.54, 1.807) is 41.0 Å². The molecule has 2 N–H and O–H groups in total. The number of carbonyl (C=O) groups is 1. The Bertz CT molecular complexity index is 2370. The van der Waals surface area contributed by atoms with Gasteiger partial charge in [-0.25, -0.2) is 26.6 Å². The average Bonchev–Trinajstić information content (AvgIpc) is 3.66. The molecule has 1 aliphatic heterocycles. The molecule has 0 aliphatic carbocycles. The second-order valence-electron chi connectivity index (χ2n) is 11.1. The van der Waals surface area contributed by atoms with Crippen LogP contribution in [0, 0.1) is 5.82 Å². The van der Waals surface area contributed by atoms with Crippen molar-refractivity contribution in [1.29, 1.82) is 0 Å². The summed E-state index contributed by atoms with van der Waals surface area (Å²) in [6, 6.07) is 14.9. The molecule has 0 fully saturated rings. The Hall–Kier alpha value is -5.41.